The lowest BCUT2D eigenvalue weighted by atomic mass is 10.1. The number of carbonyl (C=O) groups is 2. The molecule has 132 valence electrons. The molecular weight excluding hydrogens is 334 g/mol. The molecule has 0 atom stereocenters. The van der Waals surface area contributed by atoms with Crippen LogP contribution in [-0.4, -0.2) is 11.0 Å². The maximum Gasteiger partial charge on any atom is 0.244 e. The Balaban J connectivity index is 0.000000382. The first-order valence-electron chi connectivity index (χ1n) is 7.63. The molecule has 25 heavy (non-hydrogen) atoms. The third kappa shape index (κ3) is 12.4. The van der Waals surface area contributed by atoms with E-state index in [1.54, 1.807) is 0 Å². The van der Waals surface area contributed by atoms with Crippen LogP contribution in [0.25, 0.3) is 0 Å². The van der Waals surface area contributed by atoms with Gasteiger partial charge in [0.1, 0.15) is 0 Å². The molecular formula is C21H24ClNO2. The second kappa shape index (κ2) is 12.7. The van der Waals surface area contributed by atoms with Crippen molar-refractivity contribution in [3.63, 3.8) is 0 Å². The van der Waals surface area contributed by atoms with Crippen LogP contribution in [0.15, 0.2) is 73.8 Å². The molecule has 0 aliphatic rings. The van der Waals surface area contributed by atoms with E-state index in [-0.39, 0.29) is 5.78 Å². The minimum Gasteiger partial charge on any atom is -0.399 e. The third-order valence-corrected chi connectivity index (χ3v) is 3.12. The molecule has 2 N–H and O–H groups in total. The molecule has 2 rings (SSSR count). The van der Waals surface area contributed by atoms with Gasteiger partial charge in [0.2, 0.25) is 5.24 Å². The van der Waals surface area contributed by atoms with E-state index in [0.29, 0.717) is 6.42 Å². The number of benzene rings is 2. The van der Waals surface area contributed by atoms with Crippen LogP contribution in [-0.2, 0) is 16.0 Å². The van der Waals surface area contributed by atoms with E-state index in [1.807, 2.05) is 62.4 Å². The smallest absolute Gasteiger partial charge is 0.244 e. The van der Waals surface area contributed by atoms with Crippen LogP contribution in [0.2, 0.25) is 0 Å². The lowest BCUT2D eigenvalue weighted by Gasteiger charge is -1.97. The molecule has 0 spiro atoms. The monoisotopic (exact) mass is 357 g/mol. The van der Waals surface area contributed by atoms with Gasteiger partial charge in [-0.05, 0) is 55.3 Å². The van der Waals surface area contributed by atoms with Crippen molar-refractivity contribution in [3.05, 3.63) is 90.5 Å². The van der Waals surface area contributed by atoms with Crippen LogP contribution >= 0.6 is 11.6 Å². The molecule has 0 bridgehead atoms. The summed E-state index contributed by atoms with van der Waals surface area (Å²) in [5, 5.41) is -0.509. The van der Waals surface area contributed by atoms with Gasteiger partial charge in [-0.25, -0.2) is 0 Å². The first-order chi connectivity index (χ1) is 11.8. The second-order valence-corrected chi connectivity index (χ2v) is 5.62. The number of carbonyl (C=O) groups excluding carboxylic acids is 2. The fourth-order valence-electron chi connectivity index (χ4n) is 1.55. The van der Waals surface area contributed by atoms with Gasteiger partial charge in [0.05, 0.1) is 0 Å². The normalized spacial score (nSPS) is 8.76. The summed E-state index contributed by atoms with van der Waals surface area (Å²) < 4.78 is 0. The van der Waals surface area contributed by atoms with Crippen LogP contribution in [0.4, 0.5) is 5.69 Å². The molecule has 0 amide bonds. The van der Waals surface area contributed by atoms with E-state index in [9.17, 15) is 9.59 Å². The highest BCUT2D eigenvalue weighted by Crippen LogP contribution is 2.04. The highest BCUT2D eigenvalue weighted by molar-refractivity contribution is 6.66. The van der Waals surface area contributed by atoms with Crippen molar-refractivity contribution in [2.45, 2.75) is 20.3 Å². The summed E-state index contributed by atoms with van der Waals surface area (Å²) in [6, 6.07) is 15.7. The minimum atomic E-state index is -0.509. The van der Waals surface area contributed by atoms with Gasteiger partial charge >= 0.3 is 0 Å². The average Bonchev–Trinajstić information content (AvgIpc) is 2.60. The van der Waals surface area contributed by atoms with E-state index in [1.165, 1.54) is 17.2 Å². The second-order valence-electron chi connectivity index (χ2n) is 5.25. The summed E-state index contributed by atoms with van der Waals surface area (Å²) in [4.78, 5) is 20.4. The van der Waals surface area contributed by atoms with Crippen molar-refractivity contribution < 1.29 is 9.59 Å². The number of allylic oxidation sites excluding steroid dienone is 2. The summed E-state index contributed by atoms with van der Waals surface area (Å²) in [5.41, 5.74) is 9.76. The molecule has 0 unspecified atom stereocenters. The quantitative estimate of drug-likeness (QED) is 0.485. The van der Waals surface area contributed by atoms with E-state index >= 15 is 0 Å². The summed E-state index contributed by atoms with van der Waals surface area (Å²) >= 11 is 4.71. The van der Waals surface area contributed by atoms with E-state index in [0.717, 1.165) is 17.3 Å². The molecule has 0 aromatic heterocycles. The van der Waals surface area contributed by atoms with E-state index in [2.05, 4.69) is 13.2 Å². The first-order valence-corrected chi connectivity index (χ1v) is 8.01. The molecule has 0 heterocycles. The van der Waals surface area contributed by atoms with Crippen molar-refractivity contribution in [2.24, 2.45) is 0 Å². The number of ketones is 1. The highest BCUT2D eigenvalue weighted by Gasteiger charge is 1.97. The Kier molecular flexibility index (Phi) is 11.4. The van der Waals surface area contributed by atoms with E-state index in [4.69, 9.17) is 17.3 Å². The minimum absolute atomic E-state index is 0.0684. The summed E-state index contributed by atoms with van der Waals surface area (Å²) in [6.07, 6.45) is 2.87. The Hall–Kier alpha value is -2.65. The number of hydrogen-bond acceptors (Lipinski definition) is 3. The molecule has 0 aliphatic heterocycles. The summed E-state index contributed by atoms with van der Waals surface area (Å²) in [7, 11) is 0. The zero-order valence-corrected chi connectivity index (χ0v) is 15.4. The third-order valence-electron chi connectivity index (χ3n) is 2.96. The number of halogens is 1. The van der Waals surface area contributed by atoms with Gasteiger partial charge in [-0.2, -0.15) is 0 Å². The van der Waals surface area contributed by atoms with Gasteiger partial charge in [0.25, 0.3) is 0 Å². The van der Waals surface area contributed by atoms with Crippen molar-refractivity contribution in [2.75, 3.05) is 5.73 Å². The van der Waals surface area contributed by atoms with Crippen molar-refractivity contribution >= 4 is 28.3 Å². The standard InChI is InChI=1S/C11H12O.C7H9N.C3H3ClO/c1-3-11(12)8-10-6-4-9(2)5-7-10;1-6-2-4-7(8)5-3-6;1-2-3(4)5/h3-7H,1,8H2,2H3;2-5H,8H2,1H3;2H,1H2. The van der Waals surface area contributed by atoms with Crippen LogP contribution in [0.1, 0.15) is 16.7 Å². The molecule has 0 saturated carbocycles. The SMILES string of the molecule is C=CC(=O)Cc1ccc(C)cc1.C=CC(=O)Cl.Cc1ccc(N)cc1. The summed E-state index contributed by atoms with van der Waals surface area (Å²) in [6.45, 7) is 10.6. The largest absolute Gasteiger partial charge is 0.399 e. The Bertz CT molecular complexity index is 668. The van der Waals surface area contributed by atoms with E-state index < -0.39 is 5.24 Å². The van der Waals surface area contributed by atoms with Gasteiger partial charge in [0.15, 0.2) is 5.78 Å². The number of hydrogen-bond donors (Lipinski definition) is 1. The highest BCUT2D eigenvalue weighted by atomic mass is 35.5. The first kappa shape index (κ1) is 22.4. The number of aryl methyl sites for hydroxylation is 2. The Morgan fingerprint density at radius 3 is 1.64 bits per heavy atom. The lowest BCUT2D eigenvalue weighted by molar-refractivity contribution is -0.114. The molecule has 2 aromatic carbocycles. The maximum atomic E-state index is 10.9. The van der Waals surface area contributed by atoms with Gasteiger partial charge in [0, 0.05) is 12.1 Å². The molecule has 0 saturated heterocycles. The van der Waals surface area contributed by atoms with Crippen molar-refractivity contribution in [1.82, 2.24) is 0 Å². The molecule has 4 heteroatoms. The van der Waals surface area contributed by atoms with Crippen LogP contribution in [0, 0.1) is 13.8 Å². The van der Waals surface area contributed by atoms with Crippen molar-refractivity contribution in [1.29, 1.82) is 0 Å². The molecule has 2 aromatic rings. The molecule has 3 nitrogen and oxygen atoms in total. The van der Waals surface area contributed by atoms with Crippen molar-refractivity contribution in [3.8, 4) is 0 Å². The predicted molar refractivity (Wildman–Crippen MR) is 107 cm³/mol. The molecule has 0 aliphatic carbocycles. The number of nitrogens with two attached hydrogens (primary N) is 1. The van der Waals surface area contributed by atoms with Gasteiger partial charge in [-0.3, -0.25) is 9.59 Å². The topological polar surface area (TPSA) is 60.2 Å². The average molecular weight is 358 g/mol. The number of nitrogen functional groups attached to an aromatic ring is 1. The lowest BCUT2D eigenvalue weighted by Crippen LogP contribution is -1.97. The molecule has 0 fully saturated rings. The number of anilines is 1. The van der Waals surface area contributed by atoms with Gasteiger partial charge < -0.3 is 5.73 Å². The maximum absolute atomic E-state index is 10.9. The summed E-state index contributed by atoms with van der Waals surface area (Å²) in [5.74, 6) is 0.0684. The predicted octanol–water partition coefficient (Wildman–Crippen LogP) is 4.81. The number of rotatable bonds is 4. The van der Waals surface area contributed by atoms with Gasteiger partial charge in [-0.15, -0.1) is 0 Å². The Morgan fingerprint density at radius 1 is 0.920 bits per heavy atom. The molecule has 0 radical (unpaired) electrons. The van der Waals surface area contributed by atoms with Crippen LogP contribution in [0.5, 0.6) is 0 Å². The Morgan fingerprint density at radius 2 is 1.32 bits per heavy atom. The zero-order chi connectivity index (χ0) is 19.2. The van der Waals surface area contributed by atoms with Crippen LogP contribution in [0.3, 0.4) is 0 Å². The van der Waals surface area contributed by atoms with Gasteiger partial charge in [-0.1, -0.05) is 60.7 Å². The fraction of sp³-hybridized carbons (Fsp3) is 0.143. The fourth-order valence-corrected chi connectivity index (χ4v) is 1.55. The zero-order valence-electron chi connectivity index (χ0n) is 14.7. The Labute approximate surface area is 154 Å². The van der Waals surface area contributed by atoms with Crippen LogP contribution < -0.4 is 5.73 Å².